The van der Waals surface area contributed by atoms with Gasteiger partial charge in [0.15, 0.2) is 17.7 Å². The van der Waals surface area contributed by atoms with E-state index >= 15 is 0 Å². The van der Waals surface area contributed by atoms with Gasteiger partial charge in [-0.2, -0.15) is 0 Å². The van der Waals surface area contributed by atoms with E-state index in [0.717, 1.165) is 5.70 Å². The molecule has 0 saturated heterocycles. The predicted molar refractivity (Wildman–Crippen MR) is 109 cm³/mol. The SMILES string of the molecule is C=C/C=C(\C=C/C)Nc1cc(-c2cc(Cl)ccc2F)nc(Cl)c1OCOC. The normalized spacial score (nSPS) is 11.7. The molecular weight excluding hydrogens is 390 g/mol. The third-order valence-electron chi connectivity index (χ3n) is 3.38. The fraction of sp³-hybridized carbons (Fsp3) is 0.150. The molecule has 0 fully saturated rings. The van der Waals surface area contributed by atoms with Crippen molar-refractivity contribution in [2.45, 2.75) is 6.92 Å². The summed E-state index contributed by atoms with van der Waals surface area (Å²) in [5, 5.41) is 3.63. The van der Waals surface area contributed by atoms with Crippen LogP contribution in [0.1, 0.15) is 6.92 Å². The highest BCUT2D eigenvalue weighted by Gasteiger charge is 2.17. The first-order chi connectivity index (χ1) is 13.0. The van der Waals surface area contributed by atoms with Gasteiger partial charge in [0.25, 0.3) is 0 Å². The molecule has 1 aromatic carbocycles. The van der Waals surface area contributed by atoms with E-state index in [-0.39, 0.29) is 23.3 Å². The molecule has 142 valence electrons. The molecular formula is C20H19Cl2FN2O2. The summed E-state index contributed by atoms with van der Waals surface area (Å²) in [6, 6.07) is 5.86. The Balaban J connectivity index is 2.59. The van der Waals surface area contributed by atoms with Crippen molar-refractivity contribution in [1.82, 2.24) is 4.98 Å². The van der Waals surface area contributed by atoms with Crippen molar-refractivity contribution in [3.05, 3.63) is 76.8 Å². The van der Waals surface area contributed by atoms with Gasteiger partial charge in [0.1, 0.15) is 5.82 Å². The third kappa shape index (κ3) is 5.57. The van der Waals surface area contributed by atoms with E-state index in [1.165, 1.54) is 25.3 Å². The Morgan fingerprint density at radius 1 is 1.33 bits per heavy atom. The molecule has 7 heteroatoms. The third-order valence-corrected chi connectivity index (χ3v) is 3.87. The summed E-state index contributed by atoms with van der Waals surface area (Å²) in [4.78, 5) is 4.25. The lowest BCUT2D eigenvalue weighted by molar-refractivity contribution is 0.0514. The molecule has 2 aromatic rings. The molecule has 0 bridgehead atoms. The van der Waals surface area contributed by atoms with Gasteiger partial charge in [0.05, 0.1) is 11.4 Å². The minimum absolute atomic E-state index is 0.0227. The molecule has 0 radical (unpaired) electrons. The molecule has 0 atom stereocenters. The Labute approximate surface area is 167 Å². The number of nitrogens with zero attached hydrogens (tertiary/aromatic N) is 1. The maximum absolute atomic E-state index is 14.3. The van der Waals surface area contributed by atoms with Crippen LogP contribution in [0.3, 0.4) is 0 Å². The molecule has 0 amide bonds. The van der Waals surface area contributed by atoms with E-state index in [1.54, 1.807) is 18.2 Å². The van der Waals surface area contributed by atoms with Crippen molar-refractivity contribution in [1.29, 1.82) is 0 Å². The molecule has 4 nitrogen and oxygen atoms in total. The van der Waals surface area contributed by atoms with Crippen LogP contribution in [-0.2, 0) is 4.74 Å². The molecule has 2 rings (SSSR count). The Hall–Kier alpha value is -2.34. The lowest BCUT2D eigenvalue weighted by Crippen LogP contribution is -2.06. The zero-order valence-electron chi connectivity index (χ0n) is 14.9. The van der Waals surface area contributed by atoms with Crippen LogP contribution in [-0.4, -0.2) is 18.9 Å². The van der Waals surface area contributed by atoms with Crippen molar-refractivity contribution in [2.24, 2.45) is 0 Å². The van der Waals surface area contributed by atoms with Gasteiger partial charge in [0, 0.05) is 23.4 Å². The highest BCUT2D eigenvalue weighted by atomic mass is 35.5. The van der Waals surface area contributed by atoms with Gasteiger partial charge in [-0.3, -0.25) is 0 Å². The first kappa shape index (κ1) is 21.0. The number of hydrogen-bond donors (Lipinski definition) is 1. The summed E-state index contributed by atoms with van der Waals surface area (Å²) < 4.78 is 24.8. The van der Waals surface area contributed by atoms with E-state index < -0.39 is 5.82 Å². The number of rotatable bonds is 8. The molecule has 27 heavy (non-hydrogen) atoms. The highest BCUT2D eigenvalue weighted by molar-refractivity contribution is 6.31. The summed E-state index contributed by atoms with van der Waals surface area (Å²) in [6.45, 7) is 5.56. The summed E-state index contributed by atoms with van der Waals surface area (Å²) in [6.07, 6.45) is 7.11. The zero-order chi connectivity index (χ0) is 19.8. The Bertz CT molecular complexity index is 883. The summed E-state index contributed by atoms with van der Waals surface area (Å²) in [5.41, 5.74) is 1.76. The van der Waals surface area contributed by atoms with Crippen molar-refractivity contribution in [2.75, 3.05) is 19.2 Å². The number of ether oxygens (including phenoxy) is 2. The second kappa shape index (κ2) is 10.1. The van der Waals surface area contributed by atoms with Crippen LogP contribution in [0.2, 0.25) is 10.2 Å². The van der Waals surface area contributed by atoms with Crippen LogP contribution in [0.25, 0.3) is 11.3 Å². The van der Waals surface area contributed by atoms with Crippen molar-refractivity contribution >= 4 is 28.9 Å². The molecule has 0 unspecified atom stereocenters. The zero-order valence-corrected chi connectivity index (χ0v) is 16.4. The van der Waals surface area contributed by atoms with Crippen molar-refractivity contribution in [3.8, 4) is 17.0 Å². The van der Waals surface area contributed by atoms with Crippen LogP contribution in [0.15, 0.2) is 60.8 Å². The smallest absolute Gasteiger partial charge is 0.188 e. The molecule has 0 saturated carbocycles. The number of allylic oxidation sites excluding steroid dienone is 4. The van der Waals surface area contributed by atoms with E-state index in [4.69, 9.17) is 32.7 Å². The van der Waals surface area contributed by atoms with Crippen molar-refractivity contribution < 1.29 is 13.9 Å². The predicted octanol–water partition coefficient (Wildman–Crippen LogP) is 6.24. The van der Waals surface area contributed by atoms with Gasteiger partial charge in [0.2, 0.25) is 0 Å². The van der Waals surface area contributed by atoms with E-state index in [1.807, 2.05) is 19.1 Å². The number of halogens is 3. The summed E-state index contributed by atoms with van der Waals surface area (Å²) >= 11 is 12.3. The standard InChI is InChI=1S/C20H19Cl2FN2O2/c1-4-6-14(7-5-2)24-18-11-17(15-10-13(21)8-9-16(15)23)25-20(22)19(18)27-12-26-3/h4-11H,1,12H2,2-3H3,(H,24,25)/b7-5-,14-6+. The number of benzene rings is 1. The average Bonchev–Trinajstić information content (AvgIpc) is 2.63. The maximum atomic E-state index is 14.3. The fourth-order valence-corrected chi connectivity index (χ4v) is 2.70. The average molecular weight is 409 g/mol. The quantitative estimate of drug-likeness (QED) is 0.319. The largest absolute Gasteiger partial charge is 0.462 e. The van der Waals surface area contributed by atoms with E-state index in [2.05, 4.69) is 16.9 Å². The van der Waals surface area contributed by atoms with Gasteiger partial charge in [-0.1, -0.05) is 41.9 Å². The van der Waals surface area contributed by atoms with Gasteiger partial charge in [-0.25, -0.2) is 9.37 Å². The topological polar surface area (TPSA) is 43.4 Å². The van der Waals surface area contributed by atoms with Gasteiger partial charge in [-0.15, -0.1) is 0 Å². The number of anilines is 1. The number of aromatic nitrogens is 1. The maximum Gasteiger partial charge on any atom is 0.188 e. The van der Waals surface area contributed by atoms with Gasteiger partial charge in [-0.05, 0) is 43.3 Å². The number of nitrogens with one attached hydrogen (secondary N) is 1. The van der Waals surface area contributed by atoms with Crippen LogP contribution in [0.4, 0.5) is 10.1 Å². The second-order valence-electron chi connectivity index (χ2n) is 5.33. The van der Waals surface area contributed by atoms with Crippen LogP contribution in [0.5, 0.6) is 5.75 Å². The Morgan fingerprint density at radius 3 is 2.78 bits per heavy atom. The molecule has 1 N–H and O–H groups in total. The van der Waals surface area contributed by atoms with Crippen LogP contribution >= 0.6 is 23.2 Å². The van der Waals surface area contributed by atoms with Crippen molar-refractivity contribution in [3.63, 3.8) is 0 Å². The first-order valence-corrected chi connectivity index (χ1v) is 8.75. The number of hydrogen-bond acceptors (Lipinski definition) is 4. The fourth-order valence-electron chi connectivity index (χ4n) is 2.28. The van der Waals surface area contributed by atoms with Gasteiger partial charge >= 0.3 is 0 Å². The molecule has 1 aromatic heterocycles. The molecule has 0 aliphatic carbocycles. The first-order valence-electron chi connectivity index (χ1n) is 8.00. The van der Waals surface area contributed by atoms with E-state index in [9.17, 15) is 4.39 Å². The molecule has 1 heterocycles. The number of methoxy groups -OCH3 is 1. The van der Waals surface area contributed by atoms with Crippen LogP contribution in [0, 0.1) is 5.82 Å². The lowest BCUT2D eigenvalue weighted by atomic mass is 10.1. The van der Waals surface area contributed by atoms with Gasteiger partial charge < -0.3 is 14.8 Å². The Kier molecular flexibility index (Phi) is 7.85. The summed E-state index contributed by atoms with van der Waals surface area (Å²) in [5.74, 6) is -0.182. The highest BCUT2D eigenvalue weighted by Crippen LogP contribution is 2.37. The molecule has 0 spiro atoms. The second-order valence-corrected chi connectivity index (χ2v) is 6.13. The minimum atomic E-state index is -0.463. The molecule has 0 aliphatic rings. The van der Waals surface area contributed by atoms with E-state index in [0.29, 0.717) is 16.4 Å². The lowest BCUT2D eigenvalue weighted by Gasteiger charge is -2.16. The minimum Gasteiger partial charge on any atom is -0.462 e. The summed E-state index contributed by atoms with van der Waals surface area (Å²) in [7, 11) is 1.49. The monoisotopic (exact) mass is 408 g/mol. The number of pyridine rings is 1. The Morgan fingerprint density at radius 2 is 2.11 bits per heavy atom. The van der Waals surface area contributed by atoms with Crippen LogP contribution < -0.4 is 10.1 Å². The molecule has 0 aliphatic heterocycles.